The lowest BCUT2D eigenvalue weighted by atomic mass is 9.99. The van der Waals surface area contributed by atoms with Gasteiger partial charge in [-0.2, -0.15) is 0 Å². The van der Waals surface area contributed by atoms with Crippen molar-refractivity contribution in [2.75, 3.05) is 20.3 Å². The fourth-order valence-electron chi connectivity index (χ4n) is 1.28. The average molecular weight is 174 g/mol. The Labute approximate surface area is 71.5 Å². The van der Waals surface area contributed by atoms with Crippen LogP contribution in [0.3, 0.4) is 0 Å². The van der Waals surface area contributed by atoms with Gasteiger partial charge in [0.05, 0.1) is 26.2 Å². The molecule has 1 saturated heterocycles. The van der Waals surface area contributed by atoms with Crippen LogP contribution in [0.1, 0.15) is 12.8 Å². The van der Waals surface area contributed by atoms with Gasteiger partial charge in [0.15, 0.2) is 0 Å². The third-order valence-electron chi connectivity index (χ3n) is 2.11. The van der Waals surface area contributed by atoms with Crippen molar-refractivity contribution >= 4 is 5.97 Å². The van der Waals surface area contributed by atoms with Crippen LogP contribution in [0.15, 0.2) is 0 Å². The van der Waals surface area contributed by atoms with Gasteiger partial charge in [0.25, 0.3) is 0 Å². The molecule has 1 unspecified atom stereocenters. The van der Waals surface area contributed by atoms with E-state index in [4.69, 9.17) is 4.74 Å². The van der Waals surface area contributed by atoms with Crippen molar-refractivity contribution in [2.45, 2.75) is 18.9 Å². The summed E-state index contributed by atoms with van der Waals surface area (Å²) in [7, 11) is 1.32. The number of ether oxygens (including phenoxy) is 2. The third-order valence-corrected chi connectivity index (χ3v) is 2.11. The van der Waals surface area contributed by atoms with Crippen molar-refractivity contribution in [3.05, 3.63) is 0 Å². The highest BCUT2D eigenvalue weighted by Gasteiger charge is 2.25. The van der Waals surface area contributed by atoms with Crippen molar-refractivity contribution in [2.24, 2.45) is 5.92 Å². The number of carbonyl (C=O) groups is 1. The number of aliphatic hydroxyl groups excluding tert-OH is 1. The summed E-state index contributed by atoms with van der Waals surface area (Å²) in [5.74, 6) is -0.265. The summed E-state index contributed by atoms with van der Waals surface area (Å²) in [6.45, 7) is 1.24. The van der Waals surface area contributed by atoms with Crippen LogP contribution in [0.25, 0.3) is 0 Å². The largest absolute Gasteiger partial charge is 0.469 e. The van der Waals surface area contributed by atoms with Gasteiger partial charge >= 0.3 is 5.97 Å². The first-order chi connectivity index (χ1) is 5.74. The maximum atomic E-state index is 10.8. The lowest BCUT2D eigenvalue weighted by molar-refractivity contribution is -0.143. The van der Waals surface area contributed by atoms with Crippen LogP contribution in [-0.2, 0) is 14.3 Å². The van der Waals surface area contributed by atoms with E-state index in [1.54, 1.807) is 0 Å². The molecule has 0 aromatic carbocycles. The zero-order chi connectivity index (χ0) is 8.97. The highest BCUT2D eigenvalue weighted by atomic mass is 16.5. The zero-order valence-electron chi connectivity index (χ0n) is 7.16. The van der Waals surface area contributed by atoms with Crippen LogP contribution < -0.4 is 0 Å². The molecule has 4 heteroatoms. The normalized spacial score (nSPS) is 25.3. The quantitative estimate of drug-likeness (QED) is 0.609. The van der Waals surface area contributed by atoms with Gasteiger partial charge in [0.1, 0.15) is 0 Å². The van der Waals surface area contributed by atoms with E-state index in [0.29, 0.717) is 13.2 Å². The van der Waals surface area contributed by atoms with Crippen LogP contribution in [-0.4, -0.2) is 37.5 Å². The fraction of sp³-hybridized carbons (Fsp3) is 0.875. The molecule has 0 amide bonds. The summed E-state index contributed by atoms with van der Waals surface area (Å²) >= 11 is 0. The van der Waals surface area contributed by atoms with Crippen LogP contribution in [0, 0.1) is 5.92 Å². The number of hydrogen-bond acceptors (Lipinski definition) is 4. The molecule has 0 saturated carbocycles. The molecular weight excluding hydrogens is 160 g/mol. The zero-order valence-corrected chi connectivity index (χ0v) is 7.16. The second-order valence-corrected chi connectivity index (χ2v) is 2.97. The van der Waals surface area contributed by atoms with Gasteiger partial charge in [0, 0.05) is 12.5 Å². The molecule has 70 valence electrons. The lowest BCUT2D eigenvalue weighted by Gasteiger charge is -2.14. The molecule has 4 nitrogen and oxygen atoms in total. The Morgan fingerprint density at radius 1 is 1.83 bits per heavy atom. The monoisotopic (exact) mass is 174 g/mol. The highest BCUT2D eigenvalue weighted by molar-refractivity contribution is 5.69. The Hall–Kier alpha value is -0.610. The molecule has 0 spiro atoms. The third kappa shape index (κ3) is 2.46. The molecule has 0 aromatic heterocycles. The molecule has 1 aliphatic rings. The number of methoxy groups -OCH3 is 1. The maximum Gasteiger partial charge on any atom is 0.308 e. The topological polar surface area (TPSA) is 55.8 Å². The van der Waals surface area contributed by atoms with Crippen LogP contribution >= 0.6 is 0 Å². The summed E-state index contributed by atoms with van der Waals surface area (Å²) in [5.41, 5.74) is 0. The summed E-state index contributed by atoms with van der Waals surface area (Å²) in [5, 5.41) is 9.47. The van der Waals surface area contributed by atoms with E-state index >= 15 is 0 Å². The highest BCUT2D eigenvalue weighted by Crippen LogP contribution is 2.18. The van der Waals surface area contributed by atoms with Crippen molar-refractivity contribution in [3.63, 3.8) is 0 Å². The Morgan fingerprint density at radius 2 is 2.58 bits per heavy atom. The number of esters is 1. The maximum absolute atomic E-state index is 10.8. The predicted molar refractivity (Wildman–Crippen MR) is 41.6 cm³/mol. The van der Waals surface area contributed by atoms with E-state index in [2.05, 4.69) is 4.74 Å². The van der Waals surface area contributed by atoms with Crippen molar-refractivity contribution < 1.29 is 19.4 Å². The Morgan fingerprint density at radius 3 is 3.08 bits per heavy atom. The standard InChI is InChI=1S/C8H14O4/c1-11-8(10)4-7(9)6-2-3-12-5-6/h6-7,9H,2-5H2,1H3/t6?,7-/m0/s1. The Kier molecular flexibility index (Phi) is 3.49. The predicted octanol–water partition coefficient (Wildman–Crippen LogP) is -0.0531. The summed E-state index contributed by atoms with van der Waals surface area (Å²) in [6.07, 6.45) is 0.294. The molecule has 1 heterocycles. The number of aliphatic hydroxyl groups is 1. The average Bonchev–Trinajstić information content (AvgIpc) is 2.56. The second-order valence-electron chi connectivity index (χ2n) is 2.97. The van der Waals surface area contributed by atoms with Crippen LogP contribution in [0.4, 0.5) is 0 Å². The smallest absolute Gasteiger partial charge is 0.308 e. The molecule has 1 rings (SSSR count). The molecule has 12 heavy (non-hydrogen) atoms. The molecule has 2 atom stereocenters. The molecule has 1 fully saturated rings. The van der Waals surface area contributed by atoms with Gasteiger partial charge in [-0.05, 0) is 6.42 Å². The van der Waals surface area contributed by atoms with Crippen LogP contribution in [0.2, 0.25) is 0 Å². The van der Waals surface area contributed by atoms with Crippen LogP contribution in [0.5, 0.6) is 0 Å². The summed E-state index contributed by atoms with van der Waals surface area (Å²) in [4.78, 5) is 10.8. The van der Waals surface area contributed by atoms with Crippen molar-refractivity contribution in [1.82, 2.24) is 0 Å². The van der Waals surface area contributed by atoms with E-state index < -0.39 is 6.10 Å². The number of hydrogen-bond donors (Lipinski definition) is 1. The van der Waals surface area contributed by atoms with Gasteiger partial charge in [-0.1, -0.05) is 0 Å². The molecule has 0 aliphatic carbocycles. The van der Waals surface area contributed by atoms with Gasteiger partial charge in [-0.25, -0.2) is 0 Å². The van der Waals surface area contributed by atoms with Crippen molar-refractivity contribution in [1.29, 1.82) is 0 Å². The first kappa shape index (κ1) is 9.48. The minimum Gasteiger partial charge on any atom is -0.469 e. The number of carbonyl (C=O) groups excluding carboxylic acids is 1. The Bertz CT molecular complexity index is 151. The summed E-state index contributed by atoms with van der Waals surface area (Å²) in [6, 6.07) is 0. The van der Waals surface area contributed by atoms with E-state index in [0.717, 1.165) is 6.42 Å². The Balaban J connectivity index is 2.26. The summed E-state index contributed by atoms with van der Waals surface area (Å²) < 4.78 is 9.52. The van der Waals surface area contributed by atoms with E-state index in [9.17, 15) is 9.90 Å². The minimum absolute atomic E-state index is 0.0739. The SMILES string of the molecule is COC(=O)C[C@H](O)C1CCOC1. The van der Waals surface area contributed by atoms with Gasteiger partial charge in [-0.15, -0.1) is 0 Å². The fourth-order valence-corrected chi connectivity index (χ4v) is 1.28. The first-order valence-corrected chi connectivity index (χ1v) is 4.06. The molecule has 0 radical (unpaired) electrons. The molecule has 1 N–H and O–H groups in total. The molecule has 0 bridgehead atoms. The number of rotatable bonds is 3. The van der Waals surface area contributed by atoms with Gasteiger partial charge < -0.3 is 14.6 Å². The second kappa shape index (κ2) is 4.42. The van der Waals surface area contributed by atoms with E-state index in [1.807, 2.05) is 0 Å². The van der Waals surface area contributed by atoms with E-state index in [1.165, 1.54) is 7.11 Å². The van der Waals surface area contributed by atoms with Gasteiger partial charge in [-0.3, -0.25) is 4.79 Å². The lowest BCUT2D eigenvalue weighted by Crippen LogP contribution is -2.24. The van der Waals surface area contributed by atoms with Crippen molar-refractivity contribution in [3.8, 4) is 0 Å². The molecular formula is C8H14O4. The minimum atomic E-state index is -0.611. The molecule has 1 aliphatic heterocycles. The van der Waals surface area contributed by atoms with E-state index in [-0.39, 0.29) is 18.3 Å². The molecule has 0 aromatic rings. The first-order valence-electron chi connectivity index (χ1n) is 4.06. The van der Waals surface area contributed by atoms with Gasteiger partial charge in [0.2, 0.25) is 0 Å².